The minimum absolute atomic E-state index is 0.0178. The molecule has 3 aromatic heterocycles. The van der Waals surface area contributed by atoms with E-state index in [4.69, 9.17) is 4.74 Å². The molecule has 0 spiro atoms. The maximum atomic E-state index is 12.0. The average molecular weight is 405 g/mol. The molecular formula is C16H24BN5O3SSi. The number of fused-ring (bicyclic) bond motifs is 1. The summed E-state index contributed by atoms with van der Waals surface area (Å²) in [6, 6.07) is 1.11. The predicted octanol–water partition coefficient (Wildman–Crippen LogP) is 0.567. The number of hydrogen-bond acceptors (Lipinski definition) is 6. The van der Waals surface area contributed by atoms with Crippen LogP contribution in [0.15, 0.2) is 29.8 Å². The van der Waals surface area contributed by atoms with Crippen LogP contribution in [0.25, 0.3) is 16.9 Å². The Kier molecular flexibility index (Phi) is 5.28. The average Bonchev–Trinajstić information content (AvgIpc) is 3.15. The quantitative estimate of drug-likeness (QED) is 0.422. The van der Waals surface area contributed by atoms with Crippen molar-refractivity contribution < 1.29 is 13.2 Å². The van der Waals surface area contributed by atoms with Crippen LogP contribution >= 0.6 is 0 Å². The second kappa shape index (κ2) is 7.21. The lowest BCUT2D eigenvalue weighted by molar-refractivity contribution is 0.0786. The molecule has 27 heavy (non-hydrogen) atoms. The molecule has 0 bridgehead atoms. The zero-order valence-electron chi connectivity index (χ0n) is 16.3. The molecule has 0 saturated heterocycles. The van der Waals surface area contributed by atoms with Gasteiger partial charge in [-0.25, -0.2) is 23.1 Å². The summed E-state index contributed by atoms with van der Waals surface area (Å²) in [5.41, 5.74) is 2.51. The van der Waals surface area contributed by atoms with Gasteiger partial charge in [-0.3, -0.25) is 4.40 Å². The van der Waals surface area contributed by atoms with Crippen molar-refractivity contribution in [3.63, 3.8) is 0 Å². The van der Waals surface area contributed by atoms with Gasteiger partial charge in [0.2, 0.25) is 0 Å². The normalized spacial score (nSPS) is 12.7. The third kappa shape index (κ3) is 4.66. The highest BCUT2D eigenvalue weighted by Gasteiger charge is 2.19. The second-order valence-corrected chi connectivity index (χ2v) is 15.5. The molecule has 11 heteroatoms. The Balaban J connectivity index is 1.85. The van der Waals surface area contributed by atoms with E-state index in [9.17, 15) is 8.42 Å². The molecule has 0 amide bonds. The molecule has 0 unspecified atom stereocenters. The summed E-state index contributed by atoms with van der Waals surface area (Å²) in [4.78, 5) is 8.42. The summed E-state index contributed by atoms with van der Waals surface area (Å²) in [5, 5.41) is 4.32. The third-order valence-electron chi connectivity index (χ3n) is 4.08. The van der Waals surface area contributed by atoms with E-state index in [2.05, 4.69) is 34.7 Å². The third-order valence-corrected chi connectivity index (χ3v) is 6.76. The molecule has 0 fully saturated rings. The van der Waals surface area contributed by atoms with Gasteiger partial charge in [0.05, 0.1) is 18.1 Å². The Bertz CT molecular complexity index is 1070. The molecule has 3 aromatic rings. The first-order valence-electron chi connectivity index (χ1n) is 8.70. The Hall–Kier alpha value is -1.98. The lowest BCUT2D eigenvalue weighted by Gasteiger charge is -2.15. The van der Waals surface area contributed by atoms with Gasteiger partial charge in [-0.2, -0.15) is 5.10 Å². The number of sulfone groups is 1. The number of rotatable bonds is 7. The Morgan fingerprint density at radius 3 is 2.63 bits per heavy atom. The molecule has 8 nitrogen and oxygen atoms in total. The van der Waals surface area contributed by atoms with Crippen molar-refractivity contribution in [2.45, 2.75) is 37.4 Å². The summed E-state index contributed by atoms with van der Waals surface area (Å²) in [7, 11) is -2.83. The van der Waals surface area contributed by atoms with E-state index in [1.807, 2.05) is 6.20 Å². The lowest BCUT2D eigenvalue weighted by atomic mass is 10.1. The first kappa shape index (κ1) is 19.8. The van der Waals surface area contributed by atoms with Crippen LogP contribution in [0.2, 0.25) is 25.7 Å². The van der Waals surface area contributed by atoms with Crippen molar-refractivity contribution in [2.75, 3.05) is 12.9 Å². The summed E-state index contributed by atoms with van der Waals surface area (Å²) < 4.78 is 33.2. The van der Waals surface area contributed by atoms with Gasteiger partial charge < -0.3 is 4.74 Å². The summed E-state index contributed by atoms with van der Waals surface area (Å²) in [5.74, 6) is 0. The topological polar surface area (TPSA) is 91.4 Å². The molecule has 0 radical (unpaired) electrons. The molecule has 0 aliphatic rings. The SMILES string of the molecule is Bc1cn2c(-c3cnn(COCC[Si](C)(C)C)c3)cnc2c(S(C)(=O)=O)n1. The molecule has 0 aliphatic carbocycles. The van der Waals surface area contributed by atoms with Crippen LogP contribution in [0.1, 0.15) is 0 Å². The smallest absolute Gasteiger partial charge is 0.197 e. The molecule has 144 valence electrons. The molecule has 0 saturated carbocycles. The molecule has 0 atom stereocenters. The number of nitrogens with zero attached hydrogens (tertiary/aromatic N) is 5. The zero-order chi connectivity index (χ0) is 19.8. The van der Waals surface area contributed by atoms with Gasteiger partial charge >= 0.3 is 0 Å². The monoisotopic (exact) mass is 405 g/mol. The largest absolute Gasteiger partial charge is 0.360 e. The second-order valence-electron chi connectivity index (χ2n) is 7.91. The van der Waals surface area contributed by atoms with Gasteiger partial charge in [0.25, 0.3) is 0 Å². The molecule has 3 rings (SSSR count). The minimum Gasteiger partial charge on any atom is -0.360 e. The minimum atomic E-state index is -3.47. The molecule has 3 heterocycles. The Morgan fingerprint density at radius 2 is 1.96 bits per heavy atom. The summed E-state index contributed by atoms with van der Waals surface area (Å²) in [6.07, 6.45) is 8.14. The number of ether oxygens (including phenoxy) is 1. The van der Waals surface area contributed by atoms with E-state index in [0.717, 1.165) is 30.2 Å². The van der Waals surface area contributed by atoms with Crippen LogP contribution < -0.4 is 5.59 Å². The molecule has 0 aliphatic heterocycles. The highest BCUT2D eigenvalue weighted by atomic mass is 32.2. The van der Waals surface area contributed by atoms with E-state index in [1.165, 1.54) is 0 Å². The van der Waals surface area contributed by atoms with Crippen molar-refractivity contribution >= 4 is 37.0 Å². The van der Waals surface area contributed by atoms with Gasteiger partial charge in [0.1, 0.15) is 6.73 Å². The van der Waals surface area contributed by atoms with Gasteiger partial charge in [-0.1, -0.05) is 19.6 Å². The summed E-state index contributed by atoms with van der Waals surface area (Å²) in [6.45, 7) is 8.05. The number of aromatic nitrogens is 5. The first-order chi connectivity index (χ1) is 12.5. The Morgan fingerprint density at radius 1 is 1.22 bits per heavy atom. The highest BCUT2D eigenvalue weighted by Crippen LogP contribution is 2.22. The van der Waals surface area contributed by atoms with E-state index in [-0.39, 0.29) is 5.03 Å². The zero-order valence-corrected chi connectivity index (χ0v) is 18.1. The van der Waals surface area contributed by atoms with Gasteiger partial charge in [-0.15, -0.1) is 0 Å². The highest BCUT2D eigenvalue weighted by molar-refractivity contribution is 7.90. The van der Waals surface area contributed by atoms with Crippen molar-refractivity contribution in [3.8, 4) is 11.3 Å². The van der Waals surface area contributed by atoms with Gasteiger partial charge in [0.15, 0.2) is 28.4 Å². The van der Waals surface area contributed by atoms with E-state index in [0.29, 0.717) is 18.0 Å². The first-order valence-corrected chi connectivity index (χ1v) is 14.3. The van der Waals surface area contributed by atoms with Crippen LogP contribution in [0, 0.1) is 0 Å². The van der Waals surface area contributed by atoms with E-state index < -0.39 is 17.9 Å². The molecule has 0 aromatic carbocycles. The fourth-order valence-electron chi connectivity index (χ4n) is 2.64. The molecule has 0 N–H and O–H groups in total. The predicted molar refractivity (Wildman–Crippen MR) is 110 cm³/mol. The fourth-order valence-corrected chi connectivity index (χ4v) is 4.19. The molecular weight excluding hydrogens is 381 g/mol. The van der Waals surface area contributed by atoms with Gasteiger partial charge in [0, 0.05) is 44.5 Å². The standard InChI is InChI=1S/C16H24BN5O3SSi/c1-26(23,24)16-15-18-8-13(22(15)10-14(17)20-16)12-7-19-21(9-12)11-25-5-6-27(2,3)4/h7-10H,5-6,11,17H2,1-4H3. The van der Waals surface area contributed by atoms with Crippen LogP contribution in [-0.4, -0.2) is 61.3 Å². The van der Waals surface area contributed by atoms with E-state index >= 15 is 0 Å². The van der Waals surface area contributed by atoms with E-state index in [1.54, 1.807) is 35.5 Å². The van der Waals surface area contributed by atoms with Crippen molar-refractivity contribution in [1.82, 2.24) is 24.1 Å². The number of hydrogen-bond donors (Lipinski definition) is 0. The van der Waals surface area contributed by atoms with Gasteiger partial charge in [-0.05, 0) is 6.04 Å². The van der Waals surface area contributed by atoms with Crippen molar-refractivity contribution in [3.05, 3.63) is 24.8 Å². The number of imidazole rings is 1. The van der Waals surface area contributed by atoms with Crippen LogP contribution in [0.4, 0.5) is 0 Å². The summed E-state index contributed by atoms with van der Waals surface area (Å²) >= 11 is 0. The Labute approximate surface area is 160 Å². The lowest BCUT2D eigenvalue weighted by Crippen LogP contribution is -2.22. The van der Waals surface area contributed by atoms with Crippen LogP contribution in [-0.2, 0) is 21.3 Å². The van der Waals surface area contributed by atoms with Crippen LogP contribution in [0.3, 0.4) is 0 Å². The van der Waals surface area contributed by atoms with Crippen LogP contribution in [0.5, 0.6) is 0 Å². The van der Waals surface area contributed by atoms with Crippen molar-refractivity contribution in [1.29, 1.82) is 0 Å². The maximum absolute atomic E-state index is 12.0. The fraction of sp³-hybridized carbons (Fsp3) is 0.438. The van der Waals surface area contributed by atoms with Crippen molar-refractivity contribution in [2.24, 2.45) is 0 Å². The maximum Gasteiger partial charge on any atom is 0.197 e.